The number of hydrogen-bond acceptors (Lipinski definition) is 2. The van der Waals surface area contributed by atoms with Crippen LogP contribution >= 0.6 is 0 Å². The van der Waals surface area contributed by atoms with Crippen molar-refractivity contribution in [3.05, 3.63) is 36.0 Å². The van der Waals surface area contributed by atoms with E-state index in [1.807, 2.05) is 18.3 Å². The highest BCUT2D eigenvalue weighted by molar-refractivity contribution is 5.93. The monoisotopic (exact) mass is 218 g/mol. The third-order valence-corrected chi connectivity index (χ3v) is 2.62. The summed E-state index contributed by atoms with van der Waals surface area (Å²) in [5.41, 5.74) is 6.84. The number of nitrogens with two attached hydrogens (primary N) is 1. The standard InChI is InChI=1S/C12H14N2O2/c13-5-1-6-14-7-4-9-8-10(12(15)16)2-3-11(9)14/h2-4,7-8H,1,5-6,13H2,(H,15,16). The number of fused-ring (bicyclic) bond motifs is 1. The summed E-state index contributed by atoms with van der Waals surface area (Å²) in [6, 6.07) is 7.09. The van der Waals surface area contributed by atoms with Gasteiger partial charge in [-0.2, -0.15) is 0 Å². The molecule has 0 aliphatic rings. The maximum atomic E-state index is 10.8. The van der Waals surface area contributed by atoms with Crippen LogP contribution in [0.15, 0.2) is 30.5 Å². The molecule has 0 aliphatic heterocycles. The van der Waals surface area contributed by atoms with Gasteiger partial charge in [0.1, 0.15) is 0 Å². The molecule has 84 valence electrons. The number of carboxylic acid groups (broad SMARTS) is 1. The van der Waals surface area contributed by atoms with E-state index in [4.69, 9.17) is 10.8 Å². The second-order valence-electron chi connectivity index (χ2n) is 3.73. The van der Waals surface area contributed by atoms with E-state index in [2.05, 4.69) is 4.57 Å². The molecule has 4 heteroatoms. The fourth-order valence-electron chi connectivity index (χ4n) is 1.79. The van der Waals surface area contributed by atoms with E-state index >= 15 is 0 Å². The molecule has 2 aromatic rings. The molecule has 0 radical (unpaired) electrons. The second-order valence-corrected chi connectivity index (χ2v) is 3.73. The second kappa shape index (κ2) is 4.37. The number of benzene rings is 1. The molecule has 0 saturated heterocycles. The molecule has 4 nitrogen and oxygen atoms in total. The van der Waals surface area contributed by atoms with Gasteiger partial charge in [-0.15, -0.1) is 0 Å². The van der Waals surface area contributed by atoms with Crippen LogP contribution in [0.25, 0.3) is 10.9 Å². The van der Waals surface area contributed by atoms with E-state index in [-0.39, 0.29) is 0 Å². The first-order chi connectivity index (χ1) is 7.72. The maximum Gasteiger partial charge on any atom is 0.335 e. The van der Waals surface area contributed by atoms with Crippen molar-refractivity contribution >= 4 is 16.9 Å². The molecule has 3 N–H and O–H groups in total. The van der Waals surface area contributed by atoms with Gasteiger partial charge in [0.2, 0.25) is 0 Å². The quantitative estimate of drug-likeness (QED) is 0.820. The Bertz CT molecular complexity index is 517. The zero-order valence-electron chi connectivity index (χ0n) is 8.89. The fourth-order valence-corrected chi connectivity index (χ4v) is 1.79. The lowest BCUT2D eigenvalue weighted by atomic mass is 10.1. The van der Waals surface area contributed by atoms with Crippen molar-refractivity contribution in [1.29, 1.82) is 0 Å². The Morgan fingerprint density at radius 3 is 2.88 bits per heavy atom. The Hall–Kier alpha value is -1.81. The van der Waals surface area contributed by atoms with Gasteiger partial charge in [0.25, 0.3) is 0 Å². The molecular formula is C12H14N2O2. The van der Waals surface area contributed by atoms with Crippen LogP contribution < -0.4 is 5.73 Å². The van der Waals surface area contributed by atoms with Gasteiger partial charge < -0.3 is 15.4 Å². The molecule has 1 aromatic carbocycles. The molecule has 0 bridgehead atoms. The number of aromatic carboxylic acids is 1. The number of hydrogen-bond donors (Lipinski definition) is 2. The third kappa shape index (κ3) is 1.92. The highest BCUT2D eigenvalue weighted by atomic mass is 16.4. The van der Waals surface area contributed by atoms with Crippen molar-refractivity contribution in [2.24, 2.45) is 5.73 Å². The lowest BCUT2D eigenvalue weighted by Crippen LogP contribution is -2.04. The number of nitrogens with zero attached hydrogens (tertiary/aromatic N) is 1. The van der Waals surface area contributed by atoms with Crippen molar-refractivity contribution in [3.8, 4) is 0 Å². The predicted molar refractivity (Wildman–Crippen MR) is 62.6 cm³/mol. The molecule has 0 saturated carbocycles. The fraction of sp³-hybridized carbons (Fsp3) is 0.250. The van der Waals surface area contributed by atoms with Gasteiger partial charge in [0.05, 0.1) is 5.56 Å². The summed E-state index contributed by atoms with van der Waals surface area (Å²) in [6.07, 6.45) is 2.89. The van der Waals surface area contributed by atoms with Gasteiger partial charge in [-0.3, -0.25) is 0 Å². The van der Waals surface area contributed by atoms with E-state index in [0.717, 1.165) is 23.9 Å². The number of rotatable bonds is 4. The van der Waals surface area contributed by atoms with Gasteiger partial charge in [-0.1, -0.05) is 0 Å². The smallest absolute Gasteiger partial charge is 0.335 e. The predicted octanol–water partition coefficient (Wildman–Crippen LogP) is 1.69. The average Bonchev–Trinajstić information content (AvgIpc) is 2.68. The van der Waals surface area contributed by atoms with Gasteiger partial charge in [-0.05, 0) is 37.2 Å². The van der Waals surface area contributed by atoms with Crippen LogP contribution in [0.3, 0.4) is 0 Å². The lowest BCUT2D eigenvalue weighted by molar-refractivity contribution is 0.0697. The summed E-state index contributed by atoms with van der Waals surface area (Å²) in [6.45, 7) is 1.53. The largest absolute Gasteiger partial charge is 0.478 e. The van der Waals surface area contributed by atoms with Gasteiger partial charge in [0, 0.05) is 23.6 Å². The number of carbonyl (C=O) groups is 1. The molecule has 0 unspecified atom stereocenters. The summed E-state index contributed by atoms with van der Waals surface area (Å²) >= 11 is 0. The van der Waals surface area contributed by atoms with Crippen molar-refractivity contribution in [2.75, 3.05) is 6.54 Å². The van der Waals surface area contributed by atoms with Crippen LogP contribution in [0.1, 0.15) is 16.8 Å². The Labute approximate surface area is 93.3 Å². The van der Waals surface area contributed by atoms with Crippen molar-refractivity contribution in [1.82, 2.24) is 4.57 Å². The molecule has 2 rings (SSSR count). The van der Waals surface area contributed by atoms with Crippen molar-refractivity contribution in [2.45, 2.75) is 13.0 Å². The van der Waals surface area contributed by atoms with Crippen LogP contribution in [-0.4, -0.2) is 22.2 Å². The zero-order valence-corrected chi connectivity index (χ0v) is 8.89. The summed E-state index contributed by atoms with van der Waals surface area (Å²) in [5, 5.41) is 9.82. The van der Waals surface area contributed by atoms with Crippen LogP contribution in [0.5, 0.6) is 0 Å². The molecule has 16 heavy (non-hydrogen) atoms. The molecule has 0 amide bonds. The van der Waals surface area contributed by atoms with E-state index in [9.17, 15) is 4.79 Å². The van der Waals surface area contributed by atoms with Crippen LogP contribution in [0, 0.1) is 0 Å². The van der Waals surface area contributed by atoms with E-state index in [0.29, 0.717) is 12.1 Å². The number of carboxylic acids is 1. The summed E-state index contributed by atoms with van der Waals surface area (Å²) in [4.78, 5) is 10.8. The van der Waals surface area contributed by atoms with Gasteiger partial charge in [-0.25, -0.2) is 4.79 Å². The summed E-state index contributed by atoms with van der Waals surface area (Å²) in [5.74, 6) is -0.892. The van der Waals surface area contributed by atoms with E-state index in [1.165, 1.54) is 0 Å². The SMILES string of the molecule is NCCCn1ccc2cc(C(=O)O)ccc21. The van der Waals surface area contributed by atoms with E-state index < -0.39 is 5.97 Å². The van der Waals surface area contributed by atoms with Gasteiger partial charge >= 0.3 is 5.97 Å². The number of aromatic nitrogens is 1. The molecule has 1 aromatic heterocycles. The minimum Gasteiger partial charge on any atom is -0.478 e. The Morgan fingerprint density at radius 1 is 1.38 bits per heavy atom. The topological polar surface area (TPSA) is 68.2 Å². The Kier molecular flexibility index (Phi) is 2.92. The molecule has 0 atom stereocenters. The van der Waals surface area contributed by atoms with Crippen LogP contribution in [-0.2, 0) is 6.54 Å². The first kappa shape index (κ1) is 10.7. The minimum absolute atomic E-state index is 0.323. The Morgan fingerprint density at radius 2 is 2.19 bits per heavy atom. The summed E-state index contributed by atoms with van der Waals surface area (Å²) < 4.78 is 2.09. The first-order valence-corrected chi connectivity index (χ1v) is 5.24. The Balaban J connectivity index is 2.38. The van der Waals surface area contributed by atoms with Gasteiger partial charge in [0.15, 0.2) is 0 Å². The lowest BCUT2D eigenvalue weighted by Gasteiger charge is -2.04. The van der Waals surface area contributed by atoms with Crippen molar-refractivity contribution in [3.63, 3.8) is 0 Å². The highest BCUT2D eigenvalue weighted by Crippen LogP contribution is 2.18. The average molecular weight is 218 g/mol. The molecule has 1 heterocycles. The zero-order chi connectivity index (χ0) is 11.5. The maximum absolute atomic E-state index is 10.8. The molecule has 0 fully saturated rings. The molecule has 0 aliphatic carbocycles. The molecular weight excluding hydrogens is 204 g/mol. The van der Waals surface area contributed by atoms with Crippen LogP contribution in [0.2, 0.25) is 0 Å². The van der Waals surface area contributed by atoms with Crippen molar-refractivity contribution < 1.29 is 9.90 Å². The highest BCUT2D eigenvalue weighted by Gasteiger charge is 2.05. The normalized spacial score (nSPS) is 10.8. The summed E-state index contributed by atoms with van der Waals surface area (Å²) in [7, 11) is 0. The first-order valence-electron chi connectivity index (χ1n) is 5.24. The molecule has 0 spiro atoms. The third-order valence-electron chi connectivity index (χ3n) is 2.62. The minimum atomic E-state index is -0.892. The number of aryl methyl sites for hydroxylation is 1. The van der Waals surface area contributed by atoms with E-state index in [1.54, 1.807) is 12.1 Å². The van der Waals surface area contributed by atoms with Crippen LogP contribution in [0.4, 0.5) is 0 Å².